The lowest BCUT2D eigenvalue weighted by molar-refractivity contribution is -0.254. The minimum atomic E-state index is -1.17. The summed E-state index contributed by atoms with van der Waals surface area (Å²) < 4.78 is 0.756. The maximum atomic E-state index is 11.6. The van der Waals surface area contributed by atoms with Gasteiger partial charge >= 0.3 is 0 Å². The first-order valence-electron chi connectivity index (χ1n) is 7.78. The molecule has 1 heterocycles. The number of carboxylic acids is 1. The molecule has 0 saturated heterocycles. The molecule has 2 aromatic carbocycles. The summed E-state index contributed by atoms with van der Waals surface area (Å²) in [5.41, 5.74) is 2.96. The lowest BCUT2D eigenvalue weighted by Crippen LogP contribution is -2.32. The number of carboxylic acid groups (broad SMARTS) is 1. The average Bonchev–Trinajstić information content (AvgIpc) is 3.04. The van der Waals surface area contributed by atoms with E-state index in [0.717, 1.165) is 22.0 Å². The molecule has 1 aliphatic carbocycles. The third-order valence-corrected chi connectivity index (χ3v) is 5.59. The van der Waals surface area contributed by atoms with Gasteiger partial charge in [0.15, 0.2) is 0 Å². The molecule has 0 radical (unpaired) electrons. The first-order valence-corrected chi connectivity index (χ1v) is 8.95. The summed E-state index contributed by atoms with van der Waals surface area (Å²) in [5.74, 6) is -0.629. The van der Waals surface area contributed by atoms with Crippen molar-refractivity contribution in [3.05, 3.63) is 74.7 Å². The van der Waals surface area contributed by atoms with Crippen molar-refractivity contribution in [2.24, 2.45) is 5.92 Å². The van der Waals surface area contributed by atoms with Crippen LogP contribution in [0, 0.1) is 5.92 Å². The zero-order chi connectivity index (χ0) is 16.8. The first-order chi connectivity index (χ1) is 11.5. The lowest BCUT2D eigenvalue weighted by atomic mass is 9.76. The largest absolute Gasteiger partial charge is 0.545 e. The van der Waals surface area contributed by atoms with Gasteiger partial charge in [0.1, 0.15) is 0 Å². The second kappa shape index (κ2) is 5.94. The summed E-state index contributed by atoms with van der Waals surface area (Å²) in [5, 5.41) is 15.7. The molecule has 2 aromatic rings. The van der Waals surface area contributed by atoms with Crippen molar-refractivity contribution in [1.82, 2.24) is 0 Å². The molecule has 0 bridgehead atoms. The molecule has 122 valence electrons. The Morgan fingerprint density at radius 3 is 2.71 bits per heavy atom. The van der Waals surface area contributed by atoms with Crippen LogP contribution in [0.2, 0.25) is 5.02 Å². The number of benzene rings is 2. The van der Waals surface area contributed by atoms with Crippen molar-refractivity contribution < 1.29 is 9.90 Å². The SMILES string of the molecule is O=C([O-])c1cc(Br)cc2c1N[C@@H](c1ccc(Cl)cc1)[C@H]1CC=C[C@@H]21. The van der Waals surface area contributed by atoms with E-state index in [4.69, 9.17) is 11.6 Å². The molecule has 0 unspecified atom stereocenters. The fourth-order valence-corrected chi connectivity index (χ4v) is 4.43. The number of hydrogen-bond donors (Lipinski definition) is 1. The molecule has 4 rings (SSSR count). The smallest absolute Gasteiger partial charge is 0.0736 e. The van der Waals surface area contributed by atoms with E-state index in [2.05, 4.69) is 33.4 Å². The highest BCUT2D eigenvalue weighted by Crippen LogP contribution is 2.51. The number of anilines is 1. The first kappa shape index (κ1) is 15.7. The number of halogens is 2. The van der Waals surface area contributed by atoms with E-state index in [1.807, 2.05) is 30.3 Å². The molecule has 0 spiro atoms. The number of aromatic carboxylic acids is 1. The predicted octanol–water partition coefficient (Wildman–Crippen LogP) is 4.29. The topological polar surface area (TPSA) is 52.2 Å². The van der Waals surface area contributed by atoms with Crippen LogP contribution < -0.4 is 10.4 Å². The molecule has 2 aliphatic rings. The maximum absolute atomic E-state index is 11.6. The average molecular weight is 404 g/mol. The normalized spacial score (nSPS) is 24.2. The molecule has 0 saturated carbocycles. The van der Waals surface area contributed by atoms with Gasteiger partial charge in [-0.05, 0) is 47.7 Å². The Kier molecular flexibility index (Phi) is 3.89. The van der Waals surface area contributed by atoms with Crippen molar-refractivity contribution in [3.8, 4) is 0 Å². The van der Waals surface area contributed by atoms with Crippen LogP contribution in [-0.4, -0.2) is 5.97 Å². The lowest BCUT2D eigenvalue weighted by Gasteiger charge is -2.39. The molecule has 24 heavy (non-hydrogen) atoms. The molecule has 3 atom stereocenters. The monoisotopic (exact) mass is 402 g/mol. The van der Waals surface area contributed by atoms with E-state index in [1.165, 1.54) is 0 Å². The molecule has 0 amide bonds. The quantitative estimate of drug-likeness (QED) is 0.761. The van der Waals surface area contributed by atoms with Crippen LogP contribution in [0.5, 0.6) is 0 Å². The summed E-state index contributed by atoms with van der Waals surface area (Å²) in [6.45, 7) is 0. The zero-order valence-electron chi connectivity index (χ0n) is 12.6. The highest BCUT2D eigenvalue weighted by Gasteiger charge is 2.38. The van der Waals surface area contributed by atoms with E-state index < -0.39 is 5.97 Å². The van der Waals surface area contributed by atoms with Crippen molar-refractivity contribution in [2.45, 2.75) is 18.4 Å². The minimum absolute atomic E-state index is 0.0362. The number of rotatable bonds is 2. The maximum Gasteiger partial charge on any atom is 0.0736 e. The van der Waals surface area contributed by atoms with E-state index in [1.54, 1.807) is 6.07 Å². The van der Waals surface area contributed by atoms with E-state index in [0.29, 0.717) is 16.6 Å². The van der Waals surface area contributed by atoms with Crippen molar-refractivity contribution in [2.75, 3.05) is 5.32 Å². The Balaban J connectivity index is 1.86. The fraction of sp³-hybridized carbons (Fsp3) is 0.211. The zero-order valence-corrected chi connectivity index (χ0v) is 15.0. The second-order valence-corrected chi connectivity index (χ2v) is 7.58. The standard InChI is InChI=1S/C19H15BrClNO2/c20-11-8-15-13-2-1-3-14(13)17(10-4-6-12(21)7-5-10)22-18(15)16(9-11)19(23)24/h1-2,4-9,13-14,17,22H,3H2,(H,23,24)/p-1/t13-,14+,17+/m1/s1. The summed E-state index contributed by atoms with van der Waals surface area (Å²) >= 11 is 9.42. The third-order valence-electron chi connectivity index (χ3n) is 4.88. The minimum Gasteiger partial charge on any atom is -0.545 e. The molecule has 1 N–H and O–H groups in total. The van der Waals surface area contributed by atoms with Gasteiger partial charge in [-0.15, -0.1) is 0 Å². The van der Waals surface area contributed by atoms with Gasteiger partial charge < -0.3 is 15.2 Å². The van der Waals surface area contributed by atoms with Gasteiger partial charge in [-0.25, -0.2) is 0 Å². The number of fused-ring (bicyclic) bond motifs is 3. The fourth-order valence-electron chi connectivity index (χ4n) is 3.83. The van der Waals surface area contributed by atoms with Crippen LogP contribution in [0.3, 0.4) is 0 Å². The molecule has 3 nitrogen and oxygen atoms in total. The number of nitrogens with one attached hydrogen (secondary N) is 1. The van der Waals surface area contributed by atoms with Gasteiger partial charge in [0.05, 0.1) is 12.0 Å². The molecular formula is C19H14BrClNO2-. The number of carbonyl (C=O) groups is 1. The van der Waals surface area contributed by atoms with Crippen molar-refractivity contribution in [1.29, 1.82) is 0 Å². The van der Waals surface area contributed by atoms with Gasteiger partial charge in [0.2, 0.25) is 0 Å². The van der Waals surface area contributed by atoms with E-state index >= 15 is 0 Å². The highest BCUT2D eigenvalue weighted by molar-refractivity contribution is 9.10. The Bertz CT molecular complexity index is 847. The molecule has 1 aliphatic heterocycles. The van der Waals surface area contributed by atoms with Gasteiger partial charge in [0.25, 0.3) is 0 Å². The summed E-state index contributed by atoms with van der Waals surface area (Å²) in [6, 6.07) is 11.4. The molecule has 0 fully saturated rings. The molecule has 5 heteroatoms. The number of hydrogen-bond acceptors (Lipinski definition) is 3. The van der Waals surface area contributed by atoms with Crippen molar-refractivity contribution >= 4 is 39.2 Å². The Morgan fingerprint density at radius 2 is 2.00 bits per heavy atom. The van der Waals surface area contributed by atoms with Crippen LogP contribution >= 0.6 is 27.5 Å². The summed E-state index contributed by atoms with van der Waals surface area (Å²) in [6.07, 6.45) is 5.31. The van der Waals surface area contributed by atoms with E-state index in [9.17, 15) is 9.90 Å². The highest BCUT2D eigenvalue weighted by atomic mass is 79.9. The van der Waals surface area contributed by atoms with Crippen LogP contribution in [-0.2, 0) is 0 Å². The van der Waals surface area contributed by atoms with Gasteiger partial charge in [-0.3, -0.25) is 0 Å². The second-order valence-electron chi connectivity index (χ2n) is 6.23. The van der Waals surface area contributed by atoms with Crippen LogP contribution in [0.25, 0.3) is 0 Å². The molecular weight excluding hydrogens is 390 g/mol. The van der Waals surface area contributed by atoms with Crippen LogP contribution in [0.15, 0.2) is 53.0 Å². The predicted molar refractivity (Wildman–Crippen MR) is 96.3 cm³/mol. The van der Waals surface area contributed by atoms with Gasteiger partial charge in [-0.1, -0.05) is 51.8 Å². The Hall–Kier alpha value is -1.78. The third kappa shape index (κ3) is 2.54. The van der Waals surface area contributed by atoms with Crippen LogP contribution in [0.4, 0.5) is 5.69 Å². The Morgan fingerprint density at radius 1 is 1.25 bits per heavy atom. The molecule has 0 aromatic heterocycles. The van der Waals surface area contributed by atoms with Gasteiger partial charge in [-0.2, -0.15) is 0 Å². The Labute approximate surface area is 153 Å². The number of allylic oxidation sites excluding steroid dienone is 2. The summed E-state index contributed by atoms with van der Waals surface area (Å²) in [4.78, 5) is 11.6. The van der Waals surface area contributed by atoms with E-state index in [-0.39, 0.29) is 17.5 Å². The van der Waals surface area contributed by atoms with Crippen LogP contribution in [0.1, 0.15) is 39.9 Å². The van der Waals surface area contributed by atoms with Gasteiger partial charge in [0, 0.05) is 26.7 Å². The van der Waals surface area contributed by atoms with Crippen molar-refractivity contribution in [3.63, 3.8) is 0 Å². The summed E-state index contributed by atoms with van der Waals surface area (Å²) in [7, 11) is 0. The number of carbonyl (C=O) groups excluding carboxylic acids is 1.